The molecule has 2 aliphatic carbocycles. The zero-order chi connectivity index (χ0) is 35.6. The number of benzene rings is 8. The smallest absolute Gasteiger partial charge is 0.0714 e. The number of hydrogen-bond acceptors (Lipinski definition) is 1. The summed E-state index contributed by atoms with van der Waals surface area (Å²) in [5.41, 5.74) is 18.3. The van der Waals surface area contributed by atoms with Gasteiger partial charge >= 0.3 is 0 Å². The van der Waals surface area contributed by atoms with Crippen molar-refractivity contribution in [1.29, 1.82) is 0 Å². The standard InChI is InChI=1S/C52H39N/c1-51(2)46-28-13-9-25-42(46)45-33-32-40(35-49(45)51)53(50-31-16-12-24-41(50)36-18-5-3-6-19-36)39-23-17-22-38(34-39)52(37-20-7-4-8-21-37)47-29-14-10-26-43(47)44-27-11-15-30-48(44)52/h3-35H,1-2H3. The van der Waals surface area contributed by atoms with Crippen LogP contribution in [-0.4, -0.2) is 0 Å². The highest BCUT2D eigenvalue weighted by atomic mass is 15.1. The van der Waals surface area contributed by atoms with Gasteiger partial charge in [-0.15, -0.1) is 0 Å². The second-order valence-corrected chi connectivity index (χ2v) is 14.9. The Labute approximate surface area is 312 Å². The molecule has 0 aromatic heterocycles. The minimum absolute atomic E-state index is 0.122. The van der Waals surface area contributed by atoms with Gasteiger partial charge in [-0.3, -0.25) is 0 Å². The Morgan fingerprint density at radius 2 is 0.830 bits per heavy atom. The number of rotatable bonds is 6. The van der Waals surface area contributed by atoms with Crippen LogP contribution >= 0.6 is 0 Å². The summed E-state index contributed by atoms with van der Waals surface area (Å²) in [4.78, 5) is 2.48. The van der Waals surface area contributed by atoms with E-state index in [0.29, 0.717) is 0 Å². The molecule has 0 saturated heterocycles. The number of para-hydroxylation sites is 1. The molecule has 10 rings (SSSR count). The largest absolute Gasteiger partial charge is 0.310 e. The summed E-state index contributed by atoms with van der Waals surface area (Å²) in [5.74, 6) is 0. The van der Waals surface area contributed by atoms with E-state index in [1.165, 1.54) is 66.8 Å². The minimum atomic E-state index is -0.489. The van der Waals surface area contributed by atoms with Gasteiger partial charge < -0.3 is 4.90 Å². The fourth-order valence-electron chi connectivity index (χ4n) is 9.38. The van der Waals surface area contributed by atoms with E-state index in [4.69, 9.17) is 0 Å². The lowest BCUT2D eigenvalue weighted by Crippen LogP contribution is -2.28. The van der Waals surface area contributed by atoms with E-state index in [-0.39, 0.29) is 5.41 Å². The van der Waals surface area contributed by atoms with Crippen molar-refractivity contribution in [2.75, 3.05) is 4.90 Å². The molecule has 1 nitrogen and oxygen atoms in total. The zero-order valence-corrected chi connectivity index (χ0v) is 30.0. The highest BCUT2D eigenvalue weighted by Gasteiger charge is 2.46. The van der Waals surface area contributed by atoms with Gasteiger partial charge in [-0.05, 0) is 91.5 Å². The summed E-state index contributed by atoms with van der Waals surface area (Å²) in [6.07, 6.45) is 0. The molecule has 0 fully saturated rings. The Morgan fingerprint density at radius 3 is 1.51 bits per heavy atom. The van der Waals surface area contributed by atoms with Crippen LogP contribution in [0.15, 0.2) is 200 Å². The number of hydrogen-bond donors (Lipinski definition) is 0. The molecule has 0 spiro atoms. The van der Waals surface area contributed by atoms with E-state index in [1.807, 2.05) is 0 Å². The fourth-order valence-corrected chi connectivity index (χ4v) is 9.38. The van der Waals surface area contributed by atoms with Crippen LogP contribution in [0.1, 0.15) is 47.2 Å². The van der Waals surface area contributed by atoms with Crippen LogP contribution in [0.2, 0.25) is 0 Å². The first kappa shape index (κ1) is 31.3. The van der Waals surface area contributed by atoms with Crippen LogP contribution in [0.5, 0.6) is 0 Å². The fraction of sp³-hybridized carbons (Fsp3) is 0.0769. The van der Waals surface area contributed by atoms with Gasteiger partial charge in [-0.1, -0.05) is 184 Å². The second kappa shape index (κ2) is 12.1. The molecule has 0 amide bonds. The van der Waals surface area contributed by atoms with Crippen LogP contribution in [0, 0.1) is 0 Å². The molecule has 0 radical (unpaired) electrons. The van der Waals surface area contributed by atoms with Crippen molar-refractivity contribution in [3.8, 4) is 33.4 Å². The lowest BCUT2D eigenvalue weighted by Gasteiger charge is -2.35. The Hall–Kier alpha value is -6.44. The van der Waals surface area contributed by atoms with Crippen molar-refractivity contribution < 1.29 is 0 Å². The number of nitrogens with zero attached hydrogens (tertiary/aromatic N) is 1. The normalized spacial score (nSPS) is 14.2. The maximum absolute atomic E-state index is 2.48. The van der Waals surface area contributed by atoms with Crippen LogP contribution in [0.3, 0.4) is 0 Å². The maximum Gasteiger partial charge on any atom is 0.0714 e. The third-order valence-electron chi connectivity index (χ3n) is 11.8. The molecule has 1 heteroatoms. The molecular weight excluding hydrogens is 639 g/mol. The molecule has 2 aliphatic rings. The average molecular weight is 678 g/mol. The Kier molecular flexibility index (Phi) is 7.13. The summed E-state index contributed by atoms with van der Waals surface area (Å²) in [7, 11) is 0. The van der Waals surface area contributed by atoms with Gasteiger partial charge in [0.15, 0.2) is 0 Å². The maximum atomic E-state index is 2.48. The molecule has 0 aliphatic heterocycles. The van der Waals surface area contributed by atoms with Gasteiger partial charge in [-0.2, -0.15) is 0 Å². The van der Waals surface area contributed by atoms with Crippen molar-refractivity contribution in [2.24, 2.45) is 0 Å². The van der Waals surface area contributed by atoms with Crippen LogP contribution in [0.4, 0.5) is 17.1 Å². The quantitative estimate of drug-likeness (QED) is 0.169. The first-order chi connectivity index (χ1) is 26.1. The molecule has 0 bridgehead atoms. The molecule has 0 saturated carbocycles. The zero-order valence-electron chi connectivity index (χ0n) is 30.0. The topological polar surface area (TPSA) is 3.24 Å². The van der Waals surface area contributed by atoms with Gasteiger partial charge in [0.05, 0.1) is 11.1 Å². The van der Waals surface area contributed by atoms with Gasteiger partial charge in [0.1, 0.15) is 0 Å². The van der Waals surface area contributed by atoms with E-state index >= 15 is 0 Å². The Bertz CT molecular complexity index is 2600. The van der Waals surface area contributed by atoms with E-state index in [9.17, 15) is 0 Å². The lowest BCUT2D eigenvalue weighted by atomic mass is 9.67. The van der Waals surface area contributed by atoms with Crippen molar-refractivity contribution in [3.63, 3.8) is 0 Å². The van der Waals surface area contributed by atoms with Crippen molar-refractivity contribution in [2.45, 2.75) is 24.7 Å². The van der Waals surface area contributed by atoms with Gasteiger partial charge in [0, 0.05) is 22.4 Å². The van der Waals surface area contributed by atoms with E-state index in [2.05, 4.69) is 219 Å². The van der Waals surface area contributed by atoms with Crippen molar-refractivity contribution >= 4 is 17.1 Å². The summed E-state index contributed by atoms with van der Waals surface area (Å²) >= 11 is 0. The molecule has 53 heavy (non-hydrogen) atoms. The third kappa shape index (κ3) is 4.64. The lowest BCUT2D eigenvalue weighted by molar-refractivity contribution is 0.660. The predicted molar refractivity (Wildman–Crippen MR) is 221 cm³/mol. The summed E-state index contributed by atoms with van der Waals surface area (Å²) < 4.78 is 0. The first-order valence-electron chi connectivity index (χ1n) is 18.6. The molecule has 0 heterocycles. The molecular formula is C52H39N. The monoisotopic (exact) mass is 677 g/mol. The first-order valence-corrected chi connectivity index (χ1v) is 18.6. The molecule has 0 unspecified atom stereocenters. The summed E-state index contributed by atoms with van der Waals surface area (Å²) in [6, 6.07) is 74.0. The van der Waals surface area contributed by atoms with Gasteiger partial charge in [0.2, 0.25) is 0 Å². The highest BCUT2D eigenvalue weighted by molar-refractivity contribution is 5.92. The van der Waals surface area contributed by atoms with Gasteiger partial charge in [0.25, 0.3) is 0 Å². The molecule has 8 aromatic rings. The van der Waals surface area contributed by atoms with Crippen LogP contribution < -0.4 is 4.90 Å². The number of anilines is 3. The van der Waals surface area contributed by atoms with Gasteiger partial charge in [-0.25, -0.2) is 0 Å². The predicted octanol–water partition coefficient (Wildman–Crippen LogP) is 13.5. The third-order valence-corrected chi connectivity index (χ3v) is 11.8. The van der Waals surface area contributed by atoms with Crippen LogP contribution in [0.25, 0.3) is 33.4 Å². The van der Waals surface area contributed by atoms with Crippen LogP contribution in [-0.2, 0) is 10.8 Å². The molecule has 0 atom stereocenters. The Morgan fingerprint density at radius 1 is 0.340 bits per heavy atom. The van der Waals surface area contributed by atoms with Crippen molar-refractivity contribution in [1.82, 2.24) is 0 Å². The van der Waals surface area contributed by atoms with E-state index in [1.54, 1.807) is 0 Å². The van der Waals surface area contributed by atoms with Crippen molar-refractivity contribution in [3.05, 3.63) is 234 Å². The summed E-state index contributed by atoms with van der Waals surface area (Å²) in [5, 5.41) is 0. The molecule has 252 valence electrons. The number of fused-ring (bicyclic) bond motifs is 6. The van der Waals surface area contributed by atoms with E-state index in [0.717, 1.165) is 17.1 Å². The SMILES string of the molecule is CC1(C)c2ccccc2-c2ccc(N(c3cccc(C4(c5ccccc5)c5ccccc5-c5ccccc54)c3)c3ccccc3-c3ccccc3)cc21. The van der Waals surface area contributed by atoms with E-state index < -0.39 is 5.41 Å². The Balaban J connectivity index is 1.24. The molecule has 0 N–H and O–H groups in total. The summed E-state index contributed by atoms with van der Waals surface area (Å²) in [6.45, 7) is 4.73. The minimum Gasteiger partial charge on any atom is -0.310 e. The second-order valence-electron chi connectivity index (χ2n) is 14.9. The highest BCUT2D eigenvalue weighted by Crippen LogP contribution is 2.57. The average Bonchev–Trinajstić information content (AvgIpc) is 3.65. The molecule has 8 aromatic carbocycles.